The fourth-order valence-corrected chi connectivity index (χ4v) is 3.17. The second-order valence-corrected chi connectivity index (χ2v) is 6.31. The molecule has 4 rings (SSSR count). The Morgan fingerprint density at radius 3 is 2.88 bits per heavy atom. The largest absolute Gasteiger partial charge is 0.351 e. The summed E-state index contributed by atoms with van der Waals surface area (Å²) in [5, 5.41) is 14.7. The van der Waals surface area contributed by atoms with Crippen LogP contribution in [0.15, 0.2) is 23.0 Å². The lowest BCUT2D eigenvalue weighted by Gasteiger charge is -2.44. The Hall–Kier alpha value is -2.77. The number of carbonyl (C=O) groups is 1. The van der Waals surface area contributed by atoms with E-state index in [0.29, 0.717) is 0 Å². The highest BCUT2D eigenvalue weighted by molar-refractivity contribution is 5.92. The molecule has 8 heteroatoms. The van der Waals surface area contributed by atoms with Crippen LogP contribution < -0.4 is 10.5 Å². The topological polar surface area (TPSA) is 95.1 Å². The smallest absolute Gasteiger partial charge is 0.274 e. The van der Waals surface area contributed by atoms with Crippen molar-refractivity contribution in [3.05, 3.63) is 45.5 Å². The minimum atomic E-state index is -0.320. The Balaban J connectivity index is 1.40. The van der Waals surface area contributed by atoms with Gasteiger partial charge in [-0.3, -0.25) is 9.59 Å². The molecule has 1 aliphatic heterocycles. The fourth-order valence-electron chi connectivity index (χ4n) is 3.17. The van der Waals surface area contributed by atoms with Gasteiger partial charge in [0.1, 0.15) is 5.69 Å². The van der Waals surface area contributed by atoms with Crippen LogP contribution in [0.5, 0.6) is 0 Å². The van der Waals surface area contributed by atoms with Crippen molar-refractivity contribution in [2.45, 2.75) is 25.3 Å². The molecule has 1 aliphatic carbocycles. The highest BCUT2D eigenvalue weighted by Gasteiger charge is 2.34. The molecular weight excluding hydrogens is 308 g/mol. The quantitative estimate of drug-likeness (QED) is 0.854. The molecule has 0 aromatic carbocycles. The molecule has 8 nitrogen and oxygen atoms in total. The first kappa shape index (κ1) is 14.8. The number of H-pyrrole nitrogens is 1. The summed E-state index contributed by atoms with van der Waals surface area (Å²) in [6, 6.07) is 4.97. The number of aromatic amines is 1. The van der Waals surface area contributed by atoms with Gasteiger partial charge in [-0.1, -0.05) is 0 Å². The highest BCUT2D eigenvalue weighted by Crippen LogP contribution is 2.26. The number of amides is 1. The standard InChI is InChI=1S/C16H18N6O2/c1-21(16(24)13-5-6-15(23)20-18-13)11-8-22(9-11)14-7-10-3-2-4-12(10)17-19-14/h5-7,11H,2-4,8-9H2,1H3,(H,20,23). The van der Waals surface area contributed by atoms with Crippen molar-refractivity contribution in [3.63, 3.8) is 0 Å². The number of hydrogen-bond acceptors (Lipinski definition) is 6. The van der Waals surface area contributed by atoms with Gasteiger partial charge in [0.05, 0.1) is 11.7 Å². The molecule has 124 valence electrons. The van der Waals surface area contributed by atoms with E-state index >= 15 is 0 Å². The molecule has 0 bridgehead atoms. The molecule has 0 atom stereocenters. The molecule has 1 saturated heterocycles. The van der Waals surface area contributed by atoms with Crippen molar-refractivity contribution in [1.29, 1.82) is 0 Å². The first-order valence-electron chi connectivity index (χ1n) is 8.05. The number of fused-ring (bicyclic) bond motifs is 1. The summed E-state index contributed by atoms with van der Waals surface area (Å²) in [5.41, 5.74) is 2.34. The van der Waals surface area contributed by atoms with E-state index in [4.69, 9.17) is 0 Å². The van der Waals surface area contributed by atoms with Crippen LogP contribution in [-0.2, 0) is 12.8 Å². The molecule has 1 N–H and O–H groups in total. The van der Waals surface area contributed by atoms with E-state index < -0.39 is 0 Å². The molecule has 0 spiro atoms. The van der Waals surface area contributed by atoms with E-state index in [9.17, 15) is 9.59 Å². The molecule has 0 radical (unpaired) electrons. The van der Waals surface area contributed by atoms with Gasteiger partial charge in [-0.15, -0.1) is 5.10 Å². The van der Waals surface area contributed by atoms with Gasteiger partial charge >= 0.3 is 0 Å². The molecule has 0 saturated carbocycles. The van der Waals surface area contributed by atoms with E-state index in [0.717, 1.165) is 43.9 Å². The summed E-state index contributed by atoms with van der Waals surface area (Å²) in [4.78, 5) is 27.2. The summed E-state index contributed by atoms with van der Waals surface area (Å²) < 4.78 is 0. The number of rotatable bonds is 3. The maximum Gasteiger partial charge on any atom is 0.274 e. The predicted octanol–water partition coefficient (Wildman–Crippen LogP) is 0.00940. The van der Waals surface area contributed by atoms with Crippen molar-refractivity contribution >= 4 is 11.7 Å². The van der Waals surface area contributed by atoms with Crippen LogP contribution in [0.1, 0.15) is 28.2 Å². The number of likely N-dealkylation sites (N-methyl/N-ethyl adjacent to an activating group) is 1. The van der Waals surface area contributed by atoms with Gasteiger partial charge in [-0.05, 0) is 37.0 Å². The third-order valence-corrected chi connectivity index (χ3v) is 4.76. The number of aryl methyl sites for hydroxylation is 2. The van der Waals surface area contributed by atoms with Gasteiger partial charge in [0.15, 0.2) is 5.82 Å². The van der Waals surface area contributed by atoms with Gasteiger partial charge in [-0.25, -0.2) is 5.10 Å². The minimum Gasteiger partial charge on any atom is -0.351 e. The molecule has 2 aromatic rings. The lowest BCUT2D eigenvalue weighted by Crippen LogP contribution is -2.60. The van der Waals surface area contributed by atoms with Gasteiger partial charge < -0.3 is 9.80 Å². The van der Waals surface area contributed by atoms with E-state index in [1.165, 1.54) is 17.7 Å². The van der Waals surface area contributed by atoms with Crippen LogP contribution in [0.3, 0.4) is 0 Å². The first-order valence-corrected chi connectivity index (χ1v) is 8.05. The summed E-state index contributed by atoms with van der Waals surface area (Å²) in [6.07, 6.45) is 3.25. The Morgan fingerprint density at radius 2 is 2.12 bits per heavy atom. The number of hydrogen-bond donors (Lipinski definition) is 1. The normalized spacial score (nSPS) is 16.6. The predicted molar refractivity (Wildman–Crippen MR) is 87.0 cm³/mol. The Bertz CT molecular complexity index is 822. The summed E-state index contributed by atoms with van der Waals surface area (Å²) in [7, 11) is 1.76. The van der Waals surface area contributed by atoms with Crippen LogP contribution in [0.4, 0.5) is 5.82 Å². The van der Waals surface area contributed by atoms with E-state index in [1.54, 1.807) is 11.9 Å². The van der Waals surface area contributed by atoms with Crippen molar-refractivity contribution in [2.75, 3.05) is 25.0 Å². The molecule has 2 aromatic heterocycles. The van der Waals surface area contributed by atoms with Crippen LogP contribution in [0.2, 0.25) is 0 Å². The fraction of sp³-hybridized carbons (Fsp3) is 0.438. The summed E-state index contributed by atoms with van der Waals surface area (Å²) in [5.74, 6) is 0.686. The number of anilines is 1. The highest BCUT2D eigenvalue weighted by atomic mass is 16.2. The SMILES string of the molecule is CN(C(=O)c1ccc(=O)[nH]n1)C1CN(c2cc3c(nn2)CCC3)C1. The molecule has 3 heterocycles. The van der Waals surface area contributed by atoms with Crippen molar-refractivity contribution in [3.8, 4) is 0 Å². The van der Waals surface area contributed by atoms with Gasteiger partial charge in [0.25, 0.3) is 11.5 Å². The zero-order valence-electron chi connectivity index (χ0n) is 13.4. The average molecular weight is 326 g/mol. The average Bonchev–Trinajstić information content (AvgIpc) is 3.01. The zero-order valence-corrected chi connectivity index (χ0v) is 13.4. The molecule has 0 unspecified atom stereocenters. The minimum absolute atomic E-state index is 0.0984. The number of carbonyl (C=O) groups excluding carboxylic acids is 1. The first-order chi connectivity index (χ1) is 11.6. The van der Waals surface area contributed by atoms with Crippen molar-refractivity contribution < 1.29 is 4.79 Å². The number of nitrogens with one attached hydrogen (secondary N) is 1. The van der Waals surface area contributed by atoms with E-state index in [-0.39, 0.29) is 23.2 Å². The molecule has 24 heavy (non-hydrogen) atoms. The van der Waals surface area contributed by atoms with Gasteiger partial charge in [0.2, 0.25) is 0 Å². The molecule has 2 aliphatic rings. The maximum absolute atomic E-state index is 12.4. The lowest BCUT2D eigenvalue weighted by molar-refractivity contribution is 0.0697. The second-order valence-electron chi connectivity index (χ2n) is 6.31. The van der Waals surface area contributed by atoms with Crippen LogP contribution in [0.25, 0.3) is 0 Å². The van der Waals surface area contributed by atoms with E-state index in [1.807, 2.05) is 0 Å². The van der Waals surface area contributed by atoms with Crippen molar-refractivity contribution in [1.82, 2.24) is 25.3 Å². The third kappa shape index (κ3) is 2.53. The van der Waals surface area contributed by atoms with Crippen LogP contribution in [0, 0.1) is 0 Å². The van der Waals surface area contributed by atoms with Gasteiger partial charge in [-0.2, -0.15) is 10.2 Å². The molecular formula is C16H18N6O2. The maximum atomic E-state index is 12.4. The lowest BCUT2D eigenvalue weighted by atomic mass is 10.1. The Morgan fingerprint density at radius 1 is 1.29 bits per heavy atom. The van der Waals surface area contributed by atoms with Gasteiger partial charge in [0, 0.05) is 26.2 Å². The summed E-state index contributed by atoms with van der Waals surface area (Å²) >= 11 is 0. The molecule has 1 amide bonds. The number of nitrogens with zero attached hydrogens (tertiary/aromatic N) is 5. The van der Waals surface area contributed by atoms with Crippen LogP contribution >= 0.6 is 0 Å². The zero-order chi connectivity index (χ0) is 16.7. The summed E-state index contributed by atoms with van der Waals surface area (Å²) in [6.45, 7) is 1.44. The number of aromatic nitrogens is 4. The van der Waals surface area contributed by atoms with Crippen molar-refractivity contribution in [2.24, 2.45) is 0 Å². The Kier molecular flexibility index (Phi) is 3.51. The van der Waals surface area contributed by atoms with E-state index in [2.05, 4.69) is 31.4 Å². The monoisotopic (exact) mass is 326 g/mol. The second kappa shape index (κ2) is 5.70. The third-order valence-electron chi connectivity index (χ3n) is 4.76. The Labute approximate surface area is 138 Å². The molecule has 1 fully saturated rings. The van der Waals surface area contributed by atoms with Crippen LogP contribution in [-0.4, -0.2) is 57.4 Å².